The molecule has 0 spiro atoms. The molecule has 450 valence electrons. The van der Waals surface area contributed by atoms with E-state index in [1.54, 1.807) is 11.3 Å². The van der Waals surface area contributed by atoms with Gasteiger partial charge in [0.25, 0.3) is 0 Å². The van der Waals surface area contributed by atoms with E-state index in [4.69, 9.17) is 74.4 Å². The number of benzene rings is 2. The Labute approximate surface area is 487 Å². The smallest absolute Gasteiger partial charge is 0.227 e. The lowest BCUT2D eigenvalue weighted by atomic mass is 9.99. The monoisotopic (exact) mass is 1170 g/mol. The number of amides is 1. The molecular weight excluding hydrogens is 1080 g/mol. The molecule has 2 aromatic heterocycles. The van der Waals surface area contributed by atoms with Crippen LogP contribution in [0.5, 0.6) is 5.75 Å². The number of carbonyl (C=O) groups is 1. The third kappa shape index (κ3) is 22.5. The second-order valence-electron chi connectivity index (χ2n) is 19.9. The van der Waals surface area contributed by atoms with E-state index in [0.717, 1.165) is 98.8 Å². The highest BCUT2D eigenvalue weighted by molar-refractivity contribution is 7.15. The van der Waals surface area contributed by atoms with Crippen molar-refractivity contribution < 1.29 is 56.9 Å². The molecule has 2 fully saturated rings. The molecule has 2 saturated heterocycles. The number of nitrogens with two attached hydrogens (primary N) is 1. The summed E-state index contributed by atoms with van der Waals surface area (Å²) in [5.74, 6) is 1.84. The van der Waals surface area contributed by atoms with Crippen LogP contribution in [-0.4, -0.2) is 245 Å². The molecular formula is C58H88ClN9O12S. The van der Waals surface area contributed by atoms with Gasteiger partial charge in [-0.2, -0.15) is 0 Å². The molecule has 81 heavy (non-hydrogen) atoms. The van der Waals surface area contributed by atoms with Crippen LogP contribution in [-0.2, 0) is 52.2 Å². The maximum Gasteiger partial charge on any atom is 0.227 e. The normalized spacial score (nSPS) is 16.4. The van der Waals surface area contributed by atoms with Crippen molar-refractivity contribution in [3.05, 3.63) is 86.8 Å². The highest BCUT2D eigenvalue weighted by Gasteiger charge is 2.33. The van der Waals surface area contributed by atoms with E-state index in [9.17, 15) is 4.79 Å². The molecule has 1 amide bonds. The number of thiophene rings is 1. The van der Waals surface area contributed by atoms with Crippen molar-refractivity contribution in [2.24, 2.45) is 10.7 Å². The Bertz CT molecular complexity index is 2400. The van der Waals surface area contributed by atoms with Crippen molar-refractivity contribution in [2.75, 3.05) is 203 Å². The van der Waals surface area contributed by atoms with Crippen molar-refractivity contribution >= 4 is 40.2 Å². The number of halogens is 1. The summed E-state index contributed by atoms with van der Waals surface area (Å²) >= 11 is 7.93. The summed E-state index contributed by atoms with van der Waals surface area (Å²) in [7, 11) is 0. The number of carbonyl (C=O) groups excluding carboxylic acids is 1. The minimum absolute atomic E-state index is 0.0746. The maximum atomic E-state index is 13.6. The molecule has 5 heterocycles. The van der Waals surface area contributed by atoms with Crippen LogP contribution in [0, 0.1) is 20.8 Å². The van der Waals surface area contributed by atoms with E-state index in [0.29, 0.717) is 160 Å². The number of anilines is 1. The summed E-state index contributed by atoms with van der Waals surface area (Å²) in [4.78, 5) is 27.7. The first kappa shape index (κ1) is 64.5. The van der Waals surface area contributed by atoms with Crippen molar-refractivity contribution in [1.29, 1.82) is 0 Å². The lowest BCUT2D eigenvalue weighted by Gasteiger charge is -2.42. The van der Waals surface area contributed by atoms with Gasteiger partial charge >= 0.3 is 0 Å². The Kier molecular flexibility index (Phi) is 29.7. The summed E-state index contributed by atoms with van der Waals surface area (Å²) in [5.41, 5.74) is 9.90. The Morgan fingerprint density at radius 2 is 1.09 bits per heavy atom. The third-order valence-electron chi connectivity index (χ3n) is 14.2. The van der Waals surface area contributed by atoms with E-state index >= 15 is 0 Å². The van der Waals surface area contributed by atoms with Gasteiger partial charge in [-0.3, -0.25) is 24.2 Å². The molecule has 0 radical (unpaired) electrons. The van der Waals surface area contributed by atoms with E-state index in [1.165, 1.54) is 17.7 Å². The van der Waals surface area contributed by atoms with E-state index in [-0.39, 0.29) is 12.3 Å². The summed E-state index contributed by atoms with van der Waals surface area (Å²) in [6.07, 6.45) is 2.51. The predicted molar refractivity (Wildman–Crippen MR) is 313 cm³/mol. The SMILES string of the molecule is Cc1sc2c(c1C)C(c1ccc(Cl)cc1)=N[C@@H](CC(=O)Nc1ccc(OCCOCCOCCOCCOCCOCCN3CCC(N4CCN(CCOCCOCCOCCOCCOCCN)CC4)CC3)cc1)c1nnc(C)n1-2. The van der Waals surface area contributed by atoms with Gasteiger partial charge in [-0.25, -0.2) is 0 Å². The number of ether oxygens (including phenoxy) is 11. The minimum Gasteiger partial charge on any atom is -0.491 e. The molecule has 23 heteroatoms. The number of rotatable bonds is 41. The fraction of sp³-hybridized carbons (Fsp3) is 0.655. The number of hydrogen-bond acceptors (Lipinski definition) is 20. The maximum absolute atomic E-state index is 13.6. The zero-order valence-electron chi connectivity index (χ0n) is 48.0. The van der Waals surface area contributed by atoms with Crippen LogP contribution in [0.3, 0.4) is 0 Å². The summed E-state index contributed by atoms with van der Waals surface area (Å²) in [6.45, 7) is 26.6. The highest BCUT2D eigenvalue weighted by Crippen LogP contribution is 2.40. The second-order valence-corrected chi connectivity index (χ2v) is 21.5. The fourth-order valence-corrected chi connectivity index (χ4v) is 11.0. The molecule has 21 nitrogen and oxygen atoms in total. The topological polar surface area (TPSA) is 209 Å². The molecule has 3 aliphatic rings. The average molecular weight is 1170 g/mol. The van der Waals surface area contributed by atoms with Gasteiger partial charge in [-0.1, -0.05) is 23.7 Å². The number of piperidine rings is 1. The lowest BCUT2D eigenvalue weighted by Crippen LogP contribution is -2.53. The summed E-state index contributed by atoms with van der Waals surface area (Å²) in [5, 5.41) is 13.6. The van der Waals surface area contributed by atoms with Gasteiger partial charge in [-0.15, -0.1) is 21.5 Å². The van der Waals surface area contributed by atoms with Crippen LogP contribution >= 0.6 is 22.9 Å². The minimum atomic E-state index is -0.568. The molecule has 0 unspecified atom stereocenters. The van der Waals surface area contributed by atoms with E-state index < -0.39 is 6.04 Å². The first-order valence-corrected chi connectivity index (χ1v) is 30.0. The molecule has 7 rings (SSSR count). The number of nitrogens with zero attached hydrogens (tertiary/aromatic N) is 7. The number of aliphatic imine (C=N–C) groups is 1. The highest BCUT2D eigenvalue weighted by atomic mass is 35.5. The first-order chi connectivity index (χ1) is 39.8. The molecule has 2 aromatic carbocycles. The van der Waals surface area contributed by atoms with Crippen molar-refractivity contribution in [1.82, 2.24) is 29.5 Å². The second kappa shape index (κ2) is 37.3. The summed E-state index contributed by atoms with van der Waals surface area (Å²) in [6, 6.07) is 15.0. The van der Waals surface area contributed by atoms with E-state index in [2.05, 4.69) is 44.1 Å². The van der Waals surface area contributed by atoms with Gasteiger partial charge in [0.2, 0.25) is 5.91 Å². The largest absolute Gasteiger partial charge is 0.491 e. The third-order valence-corrected chi connectivity index (χ3v) is 15.6. The Hall–Kier alpha value is -4.05. The quantitative estimate of drug-likeness (QED) is 0.0532. The number of piperazine rings is 1. The van der Waals surface area contributed by atoms with Crippen molar-refractivity contribution in [3.63, 3.8) is 0 Å². The van der Waals surface area contributed by atoms with Gasteiger partial charge in [0, 0.05) is 78.6 Å². The van der Waals surface area contributed by atoms with Crippen LogP contribution < -0.4 is 15.8 Å². The van der Waals surface area contributed by atoms with Crippen LogP contribution in [0.25, 0.3) is 5.00 Å². The van der Waals surface area contributed by atoms with Gasteiger partial charge in [-0.05, 0) is 88.7 Å². The molecule has 4 aromatic rings. The number of hydrogen-bond donors (Lipinski definition) is 2. The summed E-state index contributed by atoms with van der Waals surface area (Å²) < 4.78 is 64.1. The number of likely N-dealkylation sites (tertiary alicyclic amines) is 1. The van der Waals surface area contributed by atoms with Crippen molar-refractivity contribution in [3.8, 4) is 10.8 Å². The van der Waals surface area contributed by atoms with Crippen LogP contribution in [0.2, 0.25) is 5.02 Å². The van der Waals surface area contributed by atoms with Gasteiger partial charge in [0.15, 0.2) is 5.82 Å². The standard InChI is InChI=1S/C58H88ClN9O12S/c1-45-46(2)81-58-55(45)56(48-4-6-49(59)7-5-48)62-53(57-64-63-47(3)68(57)58)44-54(69)61-50-8-10-52(11-9-50)80-43-42-79-41-40-78-39-38-77-37-33-74-30-27-71-24-21-65-15-12-51(13-16-65)67-19-17-66(18-20-67)22-25-72-28-31-75-34-36-76-35-32-73-29-26-70-23-14-60/h4-11,51,53H,12-44,60H2,1-3H3,(H,61,69)/t53-/m0/s1. The van der Waals surface area contributed by atoms with E-state index in [1.807, 2.05) is 60.0 Å². The molecule has 0 aliphatic carbocycles. The Morgan fingerprint density at radius 1 is 0.605 bits per heavy atom. The van der Waals surface area contributed by atoms with Crippen LogP contribution in [0.4, 0.5) is 5.69 Å². The van der Waals surface area contributed by atoms with Crippen LogP contribution in [0.1, 0.15) is 58.5 Å². The van der Waals surface area contributed by atoms with Gasteiger partial charge < -0.3 is 68.1 Å². The zero-order valence-corrected chi connectivity index (χ0v) is 49.6. The van der Waals surface area contributed by atoms with Crippen molar-refractivity contribution in [2.45, 2.75) is 52.1 Å². The number of aryl methyl sites for hydroxylation is 2. The average Bonchev–Trinajstić information content (AvgIpc) is 3.40. The van der Waals surface area contributed by atoms with Crippen LogP contribution in [0.15, 0.2) is 53.5 Å². The number of fused-ring (bicyclic) bond motifs is 3. The lowest BCUT2D eigenvalue weighted by molar-refractivity contribution is -0.116. The Balaban J connectivity index is 0.616. The molecule has 1 atom stereocenters. The molecule has 3 aliphatic heterocycles. The Morgan fingerprint density at radius 3 is 1.60 bits per heavy atom. The zero-order chi connectivity index (χ0) is 56.7. The predicted octanol–water partition coefficient (Wildman–Crippen LogP) is 5.41. The fourth-order valence-electron chi connectivity index (χ4n) is 9.67. The molecule has 0 saturated carbocycles. The number of aromatic nitrogens is 3. The first-order valence-electron chi connectivity index (χ1n) is 28.8. The van der Waals surface area contributed by atoms with Gasteiger partial charge in [0.1, 0.15) is 29.2 Å². The number of nitrogens with one attached hydrogen (secondary N) is 1. The molecule has 0 bridgehead atoms. The van der Waals surface area contributed by atoms with Gasteiger partial charge in [0.05, 0.1) is 144 Å². The molecule has 3 N–H and O–H groups in total.